The third-order valence-electron chi connectivity index (χ3n) is 7.43. The van der Waals surface area contributed by atoms with Crippen molar-refractivity contribution in [3.8, 4) is 23.1 Å². The summed E-state index contributed by atoms with van der Waals surface area (Å²) in [7, 11) is -2.51. The van der Waals surface area contributed by atoms with Gasteiger partial charge in [-0.1, -0.05) is 18.2 Å². The average Bonchev–Trinajstić information content (AvgIpc) is 3.37. The van der Waals surface area contributed by atoms with Gasteiger partial charge >= 0.3 is 0 Å². The fourth-order valence-electron chi connectivity index (χ4n) is 5.48. The van der Waals surface area contributed by atoms with Crippen molar-refractivity contribution < 1.29 is 14.0 Å². The van der Waals surface area contributed by atoms with Gasteiger partial charge in [-0.2, -0.15) is 10.4 Å². The second kappa shape index (κ2) is 9.80. The summed E-state index contributed by atoms with van der Waals surface area (Å²) in [4.78, 5) is 13.7. The Kier molecular flexibility index (Phi) is 5.44. The molecule has 3 fully saturated rings. The lowest BCUT2D eigenvalue weighted by Crippen LogP contribution is -2.68. The Hall–Kier alpha value is -4.26. The van der Waals surface area contributed by atoms with E-state index >= 15 is 0 Å². The lowest BCUT2D eigenvalue weighted by Gasteiger charge is -2.56. The van der Waals surface area contributed by atoms with Crippen LogP contribution < -0.4 is 9.64 Å². The first-order valence-corrected chi connectivity index (χ1v) is 12.9. The van der Waals surface area contributed by atoms with Crippen LogP contribution in [0.3, 0.4) is 0 Å². The number of piperidine rings is 1. The topological polar surface area (TPSA) is 103 Å². The molecular weight excluding hydrogens is 490 g/mol. The van der Waals surface area contributed by atoms with Gasteiger partial charge in [0, 0.05) is 67.5 Å². The Morgan fingerprint density at radius 1 is 1.18 bits per heavy atom. The van der Waals surface area contributed by atoms with Crippen LogP contribution in [0.1, 0.15) is 41.1 Å². The van der Waals surface area contributed by atoms with Crippen molar-refractivity contribution in [2.24, 2.45) is 0 Å². The molecule has 2 bridgehead atoms. The number of hydrogen-bond acceptors (Lipinski definition) is 8. The summed E-state index contributed by atoms with van der Waals surface area (Å²) in [5.74, 6) is 1.00. The van der Waals surface area contributed by atoms with Gasteiger partial charge in [0.15, 0.2) is 0 Å². The van der Waals surface area contributed by atoms with Crippen LogP contribution in [0.2, 0.25) is 0 Å². The molecule has 9 nitrogen and oxygen atoms in total. The molecule has 2 unspecified atom stereocenters. The van der Waals surface area contributed by atoms with Crippen molar-refractivity contribution in [2.75, 3.05) is 25.0 Å². The van der Waals surface area contributed by atoms with E-state index in [2.05, 4.69) is 26.0 Å². The molecule has 9 heteroatoms. The fourth-order valence-corrected chi connectivity index (χ4v) is 5.48. The van der Waals surface area contributed by atoms with E-state index in [0.29, 0.717) is 17.6 Å². The van der Waals surface area contributed by atoms with Gasteiger partial charge < -0.3 is 14.7 Å². The van der Waals surface area contributed by atoms with Gasteiger partial charge in [0.2, 0.25) is 5.88 Å². The number of pyridine rings is 3. The van der Waals surface area contributed by atoms with Gasteiger partial charge in [-0.15, -0.1) is 0 Å². The number of piperazine rings is 1. The minimum absolute atomic E-state index is 0.0957. The second-order valence-electron chi connectivity index (χ2n) is 10.8. The van der Waals surface area contributed by atoms with Crippen molar-refractivity contribution >= 4 is 17.4 Å². The predicted octanol–water partition coefficient (Wildman–Crippen LogP) is 3.92. The first kappa shape index (κ1) is 21.6. The molecule has 3 aliphatic heterocycles. The molecule has 4 aromatic heterocycles. The summed E-state index contributed by atoms with van der Waals surface area (Å²) in [6.07, 6.45) is 11.6. The molecule has 3 saturated heterocycles. The van der Waals surface area contributed by atoms with E-state index in [4.69, 9.17) is 13.8 Å². The van der Waals surface area contributed by atoms with E-state index in [1.165, 1.54) is 0 Å². The standard InChI is InChI=1S/C30H31N7O2/c1-30(2,38)9-8-20-10-26(29-23(12-31)15-34-37(29)17-20)22-5-6-27(32-14-22)35-18-24-11-25(19-35)36(24)16-21-4-7-28(39-3)33-13-21/h4-10,13-15,17,24-25,38H,11,16,18-19H2,1-3H3/b9-8+/i3D3. The number of rotatable bonds is 7. The minimum atomic E-state index is -2.51. The molecule has 0 radical (unpaired) electrons. The number of ether oxygens (including phenoxy) is 1. The molecule has 1 N–H and O–H groups in total. The zero-order valence-electron chi connectivity index (χ0n) is 24.8. The summed E-state index contributed by atoms with van der Waals surface area (Å²) in [6.45, 7) is 5.90. The highest BCUT2D eigenvalue weighted by molar-refractivity contribution is 5.85. The molecule has 0 amide bonds. The van der Waals surface area contributed by atoms with Crippen molar-refractivity contribution in [1.82, 2.24) is 24.5 Å². The molecule has 2 atom stereocenters. The van der Waals surface area contributed by atoms with Crippen molar-refractivity contribution in [2.45, 2.75) is 44.5 Å². The van der Waals surface area contributed by atoms with E-state index in [0.717, 1.165) is 59.6 Å². The van der Waals surface area contributed by atoms with Crippen LogP contribution in [0.15, 0.2) is 61.2 Å². The Bertz CT molecular complexity index is 1660. The minimum Gasteiger partial charge on any atom is -0.481 e. The Labute approximate surface area is 231 Å². The zero-order chi connectivity index (χ0) is 29.6. The number of aliphatic hydroxyl groups is 1. The maximum atomic E-state index is 10.1. The number of hydrogen-bond donors (Lipinski definition) is 1. The highest BCUT2D eigenvalue weighted by Gasteiger charge is 2.44. The van der Waals surface area contributed by atoms with E-state index < -0.39 is 12.6 Å². The second-order valence-corrected chi connectivity index (χ2v) is 10.8. The van der Waals surface area contributed by atoms with Gasteiger partial charge in [0.05, 0.1) is 34.0 Å². The first-order chi connectivity index (χ1) is 20.0. The van der Waals surface area contributed by atoms with Gasteiger partial charge in [-0.05, 0) is 49.6 Å². The van der Waals surface area contributed by atoms with Gasteiger partial charge in [0.25, 0.3) is 0 Å². The summed E-state index contributed by atoms with van der Waals surface area (Å²) in [6, 6.07) is 12.5. The molecule has 39 heavy (non-hydrogen) atoms. The SMILES string of the molecule is [2H]C([2H])([2H])Oc1ccc(CN2C3CC2CN(c2ccc(-c4cc(/C=C/C(C)(C)O)cn5ncc(C#N)c45)cn2)C3)cn1. The number of anilines is 1. The molecule has 7 heterocycles. The quantitative estimate of drug-likeness (QED) is 0.388. The average molecular weight is 525 g/mol. The highest BCUT2D eigenvalue weighted by Crippen LogP contribution is 2.36. The van der Waals surface area contributed by atoms with Crippen LogP contribution in [0, 0.1) is 11.3 Å². The van der Waals surface area contributed by atoms with Crippen LogP contribution in [-0.4, -0.2) is 67.4 Å². The summed E-state index contributed by atoms with van der Waals surface area (Å²) >= 11 is 0. The van der Waals surface area contributed by atoms with Crippen LogP contribution in [0.4, 0.5) is 5.82 Å². The highest BCUT2D eigenvalue weighted by atomic mass is 16.5. The number of nitrogens with zero attached hydrogens (tertiary/aromatic N) is 7. The molecule has 4 aromatic rings. The molecule has 0 spiro atoms. The van der Waals surface area contributed by atoms with Crippen molar-refractivity contribution in [1.29, 1.82) is 5.26 Å². The summed E-state index contributed by atoms with van der Waals surface area (Å²) in [5, 5.41) is 24.2. The molecule has 0 aromatic carbocycles. The van der Waals surface area contributed by atoms with Crippen LogP contribution in [0.5, 0.6) is 5.88 Å². The monoisotopic (exact) mass is 524 g/mol. The fraction of sp³-hybridized carbons (Fsp3) is 0.333. The molecule has 7 rings (SSSR count). The largest absolute Gasteiger partial charge is 0.481 e. The smallest absolute Gasteiger partial charge is 0.212 e. The molecular formula is C30H31N7O2. The molecule has 0 saturated carbocycles. The van der Waals surface area contributed by atoms with E-state index in [1.54, 1.807) is 42.9 Å². The van der Waals surface area contributed by atoms with Crippen molar-refractivity contribution in [3.63, 3.8) is 0 Å². The molecule has 0 aliphatic carbocycles. The number of fused-ring (bicyclic) bond motifs is 3. The van der Waals surface area contributed by atoms with Crippen molar-refractivity contribution in [3.05, 3.63) is 77.9 Å². The Morgan fingerprint density at radius 2 is 2.03 bits per heavy atom. The summed E-state index contributed by atoms with van der Waals surface area (Å²) < 4.78 is 28.2. The normalized spacial score (nSPS) is 20.8. The number of nitriles is 1. The molecule has 3 aliphatic rings. The first-order valence-electron chi connectivity index (χ1n) is 14.4. The molecule has 198 valence electrons. The number of aromatic nitrogens is 4. The van der Waals surface area contributed by atoms with E-state index in [1.807, 2.05) is 42.7 Å². The predicted molar refractivity (Wildman–Crippen MR) is 149 cm³/mol. The van der Waals surface area contributed by atoms with Crippen LogP contribution >= 0.6 is 0 Å². The maximum absolute atomic E-state index is 10.1. The Morgan fingerprint density at radius 3 is 2.69 bits per heavy atom. The Balaban J connectivity index is 1.16. The van der Waals surface area contributed by atoms with Gasteiger partial charge in [-0.25, -0.2) is 14.5 Å². The van der Waals surface area contributed by atoms with Gasteiger partial charge in [-0.3, -0.25) is 4.90 Å². The lowest BCUT2D eigenvalue weighted by molar-refractivity contribution is -0.00876. The van der Waals surface area contributed by atoms with E-state index in [-0.39, 0.29) is 5.88 Å². The van der Waals surface area contributed by atoms with Crippen LogP contribution in [-0.2, 0) is 6.54 Å². The third kappa shape index (κ3) is 4.97. The summed E-state index contributed by atoms with van der Waals surface area (Å²) in [5.41, 5.74) is 3.83. The van der Waals surface area contributed by atoms with E-state index in [9.17, 15) is 10.4 Å². The third-order valence-corrected chi connectivity index (χ3v) is 7.43. The van der Waals surface area contributed by atoms with Crippen LogP contribution in [0.25, 0.3) is 22.7 Å². The van der Waals surface area contributed by atoms with Gasteiger partial charge in [0.1, 0.15) is 11.9 Å². The maximum Gasteiger partial charge on any atom is 0.212 e. The lowest BCUT2D eigenvalue weighted by atomic mass is 9.87. The zero-order valence-corrected chi connectivity index (χ0v) is 21.8. The number of methoxy groups -OCH3 is 1.